The van der Waals surface area contributed by atoms with Crippen molar-refractivity contribution in [1.29, 1.82) is 0 Å². The molecule has 0 spiro atoms. The number of likely N-dealkylation sites (tertiary alicyclic amines) is 1. The number of carboxylic acids is 1. The molecular weight excluding hydrogens is 210 g/mol. The van der Waals surface area contributed by atoms with Crippen molar-refractivity contribution >= 4 is 12.0 Å². The fraction of sp³-hybridized carbons (Fsp3) is 0.800. The van der Waals surface area contributed by atoms with Crippen LogP contribution in [-0.2, 0) is 4.79 Å². The minimum absolute atomic E-state index is 0.0437. The van der Waals surface area contributed by atoms with Crippen molar-refractivity contribution in [3.05, 3.63) is 0 Å². The summed E-state index contributed by atoms with van der Waals surface area (Å²) in [6.07, 6.45) is 2.02. The van der Waals surface area contributed by atoms with Crippen LogP contribution in [0.5, 0.6) is 0 Å². The van der Waals surface area contributed by atoms with Crippen LogP contribution in [0, 0.1) is 0 Å². The third kappa shape index (κ3) is 4.97. The first-order valence-corrected chi connectivity index (χ1v) is 5.52. The first-order valence-electron chi connectivity index (χ1n) is 5.52. The van der Waals surface area contributed by atoms with E-state index >= 15 is 0 Å². The largest absolute Gasteiger partial charge is 0.481 e. The standard InChI is InChI=1S/C10H19N3O3/c1-13-6-2-3-8(7-13)12-10(16)11-5-4-9(14)15/h8H,2-7H2,1H3,(H,14,15)(H2,11,12,16). The van der Waals surface area contributed by atoms with E-state index in [4.69, 9.17) is 5.11 Å². The molecule has 0 radical (unpaired) electrons. The molecule has 0 aromatic carbocycles. The Morgan fingerprint density at radius 3 is 2.88 bits per heavy atom. The Kier molecular flexibility index (Phi) is 5.04. The van der Waals surface area contributed by atoms with Crippen LogP contribution in [-0.4, -0.2) is 54.7 Å². The zero-order valence-corrected chi connectivity index (χ0v) is 9.53. The summed E-state index contributed by atoms with van der Waals surface area (Å²) < 4.78 is 0. The fourth-order valence-electron chi connectivity index (χ4n) is 1.80. The van der Waals surface area contributed by atoms with E-state index in [-0.39, 0.29) is 25.0 Å². The molecule has 0 aliphatic carbocycles. The zero-order valence-electron chi connectivity index (χ0n) is 9.53. The Hall–Kier alpha value is -1.30. The van der Waals surface area contributed by atoms with Gasteiger partial charge in [-0.15, -0.1) is 0 Å². The van der Waals surface area contributed by atoms with Crippen molar-refractivity contribution in [1.82, 2.24) is 15.5 Å². The molecular formula is C10H19N3O3. The molecule has 1 atom stereocenters. The highest BCUT2D eigenvalue weighted by molar-refractivity contribution is 5.75. The van der Waals surface area contributed by atoms with Gasteiger partial charge in [0.05, 0.1) is 6.42 Å². The van der Waals surface area contributed by atoms with Gasteiger partial charge in [0.25, 0.3) is 0 Å². The molecule has 92 valence electrons. The average molecular weight is 229 g/mol. The van der Waals surface area contributed by atoms with Gasteiger partial charge in [-0.2, -0.15) is 0 Å². The highest BCUT2D eigenvalue weighted by Crippen LogP contribution is 2.07. The number of piperidine rings is 1. The fourth-order valence-corrected chi connectivity index (χ4v) is 1.80. The van der Waals surface area contributed by atoms with Crippen LogP contribution in [0.1, 0.15) is 19.3 Å². The van der Waals surface area contributed by atoms with E-state index in [0.717, 1.165) is 25.9 Å². The molecule has 1 aliphatic heterocycles. The van der Waals surface area contributed by atoms with E-state index in [1.54, 1.807) is 0 Å². The van der Waals surface area contributed by atoms with Gasteiger partial charge in [0.2, 0.25) is 0 Å². The van der Waals surface area contributed by atoms with Crippen molar-refractivity contribution in [2.45, 2.75) is 25.3 Å². The number of hydrogen-bond acceptors (Lipinski definition) is 3. The van der Waals surface area contributed by atoms with Gasteiger partial charge in [0, 0.05) is 19.1 Å². The second kappa shape index (κ2) is 6.32. The van der Waals surface area contributed by atoms with E-state index in [1.165, 1.54) is 0 Å². The van der Waals surface area contributed by atoms with Gasteiger partial charge in [0.15, 0.2) is 0 Å². The van der Waals surface area contributed by atoms with Crippen LogP contribution < -0.4 is 10.6 Å². The normalized spacial score (nSPS) is 21.4. The van der Waals surface area contributed by atoms with Crippen molar-refractivity contribution < 1.29 is 14.7 Å². The minimum Gasteiger partial charge on any atom is -0.481 e. The molecule has 0 aromatic rings. The molecule has 1 rings (SSSR count). The molecule has 0 bridgehead atoms. The van der Waals surface area contributed by atoms with E-state index < -0.39 is 5.97 Å². The predicted octanol–water partition coefficient (Wildman–Crippen LogP) is -0.145. The summed E-state index contributed by atoms with van der Waals surface area (Å²) >= 11 is 0. The van der Waals surface area contributed by atoms with Gasteiger partial charge >= 0.3 is 12.0 Å². The number of aliphatic carboxylic acids is 1. The molecule has 6 heteroatoms. The van der Waals surface area contributed by atoms with Gasteiger partial charge in [-0.1, -0.05) is 0 Å². The Labute approximate surface area is 95.0 Å². The predicted molar refractivity (Wildman–Crippen MR) is 59.3 cm³/mol. The summed E-state index contributed by atoms with van der Waals surface area (Å²) in [5.74, 6) is -0.905. The maximum atomic E-state index is 11.4. The number of nitrogens with one attached hydrogen (secondary N) is 2. The number of urea groups is 1. The van der Waals surface area contributed by atoms with E-state index in [2.05, 4.69) is 15.5 Å². The average Bonchev–Trinajstić information content (AvgIpc) is 2.16. The van der Waals surface area contributed by atoms with E-state index in [0.29, 0.717) is 0 Å². The van der Waals surface area contributed by atoms with E-state index in [9.17, 15) is 9.59 Å². The third-order valence-electron chi connectivity index (χ3n) is 2.58. The van der Waals surface area contributed by atoms with Gasteiger partial charge < -0.3 is 20.6 Å². The van der Waals surface area contributed by atoms with Crippen LogP contribution >= 0.6 is 0 Å². The summed E-state index contributed by atoms with van der Waals surface area (Å²) in [6, 6.07) is -0.106. The van der Waals surface area contributed by atoms with Gasteiger partial charge in [-0.3, -0.25) is 4.79 Å². The first kappa shape index (κ1) is 12.8. The zero-order chi connectivity index (χ0) is 12.0. The molecule has 1 aliphatic rings. The van der Waals surface area contributed by atoms with Crippen LogP contribution in [0.2, 0.25) is 0 Å². The quantitative estimate of drug-likeness (QED) is 0.626. The maximum Gasteiger partial charge on any atom is 0.315 e. The number of carbonyl (C=O) groups excluding carboxylic acids is 1. The number of rotatable bonds is 4. The monoisotopic (exact) mass is 229 g/mol. The number of carbonyl (C=O) groups is 2. The first-order chi connectivity index (χ1) is 7.58. The smallest absolute Gasteiger partial charge is 0.315 e. The molecule has 6 nitrogen and oxygen atoms in total. The van der Waals surface area contributed by atoms with Gasteiger partial charge in [-0.25, -0.2) is 4.79 Å². The summed E-state index contributed by atoms with van der Waals surface area (Å²) in [5.41, 5.74) is 0. The summed E-state index contributed by atoms with van der Waals surface area (Å²) in [7, 11) is 2.02. The number of nitrogens with zero attached hydrogens (tertiary/aromatic N) is 1. The highest BCUT2D eigenvalue weighted by Gasteiger charge is 2.18. The Morgan fingerprint density at radius 1 is 1.50 bits per heavy atom. The van der Waals surface area contributed by atoms with Crippen LogP contribution in [0.15, 0.2) is 0 Å². The van der Waals surface area contributed by atoms with E-state index in [1.807, 2.05) is 7.05 Å². The lowest BCUT2D eigenvalue weighted by atomic mass is 10.1. The van der Waals surface area contributed by atoms with Gasteiger partial charge in [0.1, 0.15) is 0 Å². The number of likely N-dealkylation sites (N-methyl/N-ethyl adjacent to an activating group) is 1. The molecule has 1 unspecified atom stereocenters. The van der Waals surface area contributed by atoms with Gasteiger partial charge in [-0.05, 0) is 26.4 Å². The second-order valence-corrected chi connectivity index (χ2v) is 4.15. The van der Waals surface area contributed by atoms with Crippen molar-refractivity contribution in [2.75, 3.05) is 26.7 Å². The molecule has 16 heavy (non-hydrogen) atoms. The summed E-state index contributed by atoms with van der Waals surface area (Å²) in [4.78, 5) is 23.8. The molecule has 1 heterocycles. The topological polar surface area (TPSA) is 81.7 Å². The SMILES string of the molecule is CN1CCCC(NC(=O)NCCC(=O)O)C1. The lowest BCUT2D eigenvalue weighted by molar-refractivity contribution is -0.136. The van der Waals surface area contributed by atoms with Crippen molar-refractivity contribution in [3.63, 3.8) is 0 Å². The molecule has 0 saturated carbocycles. The summed E-state index contributed by atoms with van der Waals surface area (Å²) in [6.45, 7) is 2.09. The second-order valence-electron chi connectivity index (χ2n) is 4.15. The Balaban J connectivity index is 2.15. The van der Waals surface area contributed by atoms with Crippen molar-refractivity contribution in [3.8, 4) is 0 Å². The number of hydrogen-bond donors (Lipinski definition) is 3. The van der Waals surface area contributed by atoms with Crippen LogP contribution in [0.4, 0.5) is 4.79 Å². The minimum atomic E-state index is -0.905. The number of carboxylic acid groups (broad SMARTS) is 1. The molecule has 2 amide bonds. The lowest BCUT2D eigenvalue weighted by Gasteiger charge is -2.30. The highest BCUT2D eigenvalue weighted by atomic mass is 16.4. The van der Waals surface area contributed by atoms with Crippen LogP contribution in [0.25, 0.3) is 0 Å². The number of amides is 2. The Bertz CT molecular complexity index is 258. The maximum absolute atomic E-state index is 11.4. The molecule has 1 fully saturated rings. The lowest BCUT2D eigenvalue weighted by Crippen LogP contribution is -2.49. The molecule has 3 N–H and O–H groups in total. The third-order valence-corrected chi connectivity index (χ3v) is 2.58. The van der Waals surface area contributed by atoms with Crippen molar-refractivity contribution in [2.24, 2.45) is 0 Å². The molecule has 1 saturated heterocycles. The Morgan fingerprint density at radius 2 is 2.25 bits per heavy atom. The molecule has 0 aromatic heterocycles. The van der Waals surface area contributed by atoms with Crippen LogP contribution in [0.3, 0.4) is 0 Å². The summed E-state index contributed by atoms with van der Waals surface area (Å²) in [5, 5.41) is 13.8.